The molecule has 6 aromatic rings. The van der Waals surface area contributed by atoms with Crippen LogP contribution in [-0.4, -0.2) is 54.4 Å². The van der Waals surface area contributed by atoms with E-state index in [-0.39, 0.29) is 42.3 Å². The predicted molar refractivity (Wildman–Crippen MR) is 185 cm³/mol. The maximum Gasteiger partial charge on any atom is 0.326 e. The number of carbonyl (C=O) groups is 2. The number of hydrogen-bond acceptors (Lipinski definition) is 6. The molecule has 1 saturated heterocycles. The summed E-state index contributed by atoms with van der Waals surface area (Å²) < 4.78 is 1.82. The van der Waals surface area contributed by atoms with Crippen molar-refractivity contribution in [3.05, 3.63) is 123 Å². The third-order valence-corrected chi connectivity index (χ3v) is 9.19. The van der Waals surface area contributed by atoms with Gasteiger partial charge in [0.2, 0.25) is 0 Å². The van der Waals surface area contributed by atoms with E-state index < -0.39 is 5.97 Å². The fraction of sp³-hybridized carbons (Fsp3) is 0.237. The molecular formula is C38H35N5O5. The Morgan fingerprint density at radius 3 is 2.35 bits per heavy atom. The van der Waals surface area contributed by atoms with Crippen LogP contribution in [-0.2, 0) is 22.6 Å². The first-order valence-electron chi connectivity index (χ1n) is 16.2. The van der Waals surface area contributed by atoms with E-state index in [4.69, 9.17) is 10.1 Å². The lowest BCUT2D eigenvalue weighted by Gasteiger charge is -2.32. The molecule has 0 saturated carbocycles. The van der Waals surface area contributed by atoms with Crippen molar-refractivity contribution in [3.8, 4) is 22.4 Å². The van der Waals surface area contributed by atoms with Crippen molar-refractivity contribution in [2.24, 2.45) is 0 Å². The zero-order chi connectivity index (χ0) is 33.2. The number of benzene rings is 3. The monoisotopic (exact) mass is 641 g/mol. The summed E-state index contributed by atoms with van der Waals surface area (Å²) in [6.45, 7) is 2.44. The smallest absolute Gasteiger partial charge is 0.326 e. The fourth-order valence-electron chi connectivity index (χ4n) is 6.73. The number of ketones is 1. The highest BCUT2D eigenvalue weighted by Crippen LogP contribution is 2.33. The lowest BCUT2D eigenvalue weighted by Crippen LogP contribution is -2.36. The van der Waals surface area contributed by atoms with Gasteiger partial charge in [-0.15, -0.1) is 0 Å². The van der Waals surface area contributed by atoms with Gasteiger partial charge in [0, 0.05) is 55.8 Å². The molecule has 0 amide bonds. The van der Waals surface area contributed by atoms with Gasteiger partial charge in [0.15, 0.2) is 0 Å². The van der Waals surface area contributed by atoms with E-state index in [0.29, 0.717) is 10.9 Å². The van der Waals surface area contributed by atoms with E-state index in [0.717, 1.165) is 71.5 Å². The second kappa shape index (κ2) is 13.2. The molecule has 0 bridgehead atoms. The molecule has 0 unspecified atom stereocenters. The molecule has 0 atom stereocenters. The number of piperidine rings is 1. The third-order valence-electron chi connectivity index (χ3n) is 9.19. The summed E-state index contributed by atoms with van der Waals surface area (Å²) in [5, 5.41) is 9.43. The van der Waals surface area contributed by atoms with Gasteiger partial charge in [0.05, 0.1) is 34.1 Å². The number of fused-ring (bicyclic) bond motifs is 2. The van der Waals surface area contributed by atoms with Crippen LogP contribution in [0, 0.1) is 0 Å². The molecule has 4 heterocycles. The van der Waals surface area contributed by atoms with Crippen LogP contribution in [0.25, 0.3) is 44.3 Å². The van der Waals surface area contributed by atoms with Gasteiger partial charge in [-0.05, 0) is 53.8 Å². The molecule has 3 aromatic heterocycles. The van der Waals surface area contributed by atoms with Gasteiger partial charge >= 0.3 is 11.7 Å². The van der Waals surface area contributed by atoms with Crippen LogP contribution in [0.2, 0.25) is 0 Å². The number of H-pyrrole nitrogens is 2. The Morgan fingerprint density at radius 2 is 1.60 bits per heavy atom. The molecule has 1 fully saturated rings. The minimum Gasteiger partial charge on any atom is -0.481 e. The Kier molecular flexibility index (Phi) is 8.56. The maximum absolute atomic E-state index is 13.0. The van der Waals surface area contributed by atoms with Crippen molar-refractivity contribution >= 4 is 33.7 Å². The van der Waals surface area contributed by atoms with Crippen LogP contribution < -0.4 is 11.2 Å². The van der Waals surface area contributed by atoms with E-state index in [1.807, 2.05) is 65.2 Å². The first kappa shape index (κ1) is 31.0. The van der Waals surface area contributed by atoms with Crippen molar-refractivity contribution in [1.82, 2.24) is 24.4 Å². The molecule has 3 N–H and O–H groups in total. The Hall–Kier alpha value is -5.61. The lowest BCUT2D eigenvalue weighted by atomic mass is 9.97. The molecule has 0 aliphatic carbocycles. The molecule has 242 valence electrons. The highest BCUT2D eigenvalue weighted by atomic mass is 16.4. The van der Waals surface area contributed by atoms with Crippen LogP contribution in [0.3, 0.4) is 0 Å². The third kappa shape index (κ3) is 6.47. The SMILES string of the molecule is O=C(O)CCC(=O)Cc1ccc2[nH]c(=O)n(C3CCN(Cc4ccc(-c5nc6cc[nH]c(=O)c6cc5-c5ccccc5)cc4)CC3)c2c1. The van der Waals surface area contributed by atoms with Gasteiger partial charge in [0.1, 0.15) is 5.78 Å². The highest BCUT2D eigenvalue weighted by molar-refractivity contribution is 5.91. The molecule has 0 spiro atoms. The highest BCUT2D eigenvalue weighted by Gasteiger charge is 2.24. The van der Waals surface area contributed by atoms with Crippen LogP contribution in [0.4, 0.5) is 0 Å². The second-order valence-corrected chi connectivity index (χ2v) is 12.5. The van der Waals surface area contributed by atoms with Crippen molar-refractivity contribution in [2.75, 3.05) is 13.1 Å². The molecule has 3 aromatic carbocycles. The van der Waals surface area contributed by atoms with E-state index in [2.05, 4.69) is 39.1 Å². The topological polar surface area (TPSA) is 141 Å². The number of carbonyl (C=O) groups excluding carboxylic acids is 1. The number of nitrogens with zero attached hydrogens (tertiary/aromatic N) is 3. The summed E-state index contributed by atoms with van der Waals surface area (Å²) in [5.74, 6) is -1.12. The van der Waals surface area contributed by atoms with Gasteiger partial charge in [-0.3, -0.25) is 23.9 Å². The van der Waals surface area contributed by atoms with E-state index in [9.17, 15) is 19.2 Å². The van der Waals surface area contributed by atoms with Gasteiger partial charge in [-0.25, -0.2) is 9.78 Å². The van der Waals surface area contributed by atoms with Crippen LogP contribution in [0.1, 0.15) is 42.9 Å². The number of aromatic nitrogens is 4. The molecular weight excluding hydrogens is 606 g/mol. The van der Waals surface area contributed by atoms with Gasteiger partial charge in [-0.1, -0.05) is 60.7 Å². The molecule has 10 nitrogen and oxygen atoms in total. The van der Waals surface area contributed by atoms with E-state index >= 15 is 0 Å². The minimum absolute atomic E-state index is 0.00812. The first-order valence-corrected chi connectivity index (χ1v) is 16.2. The largest absolute Gasteiger partial charge is 0.481 e. The standard InChI is InChI=1S/C38H35N5O5/c44-29(11-13-35(45)46)20-25-8-12-33-34(21-25)43(38(48)41-33)28-15-18-42(19-16-28)23-24-6-9-27(10-7-24)36-30(26-4-2-1-3-5-26)22-31-32(40-36)14-17-39-37(31)47/h1-10,12,14,17,21-22,28H,11,13,15-16,18-20,23H2,(H,39,47)(H,41,48)(H,45,46). The number of carboxylic acid groups (broad SMARTS) is 1. The predicted octanol–water partition coefficient (Wildman–Crippen LogP) is 5.71. The van der Waals surface area contributed by atoms with Gasteiger partial charge in [0.25, 0.3) is 5.56 Å². The fourth-order valence-corrected chi connectivity index (χ4v) is 6.73. The van der Waals surface area contributed by atoms with Crippen molar-refractivity contribution < 1.29 is 14.7 Å². The number of imidazole rings is 1. The van der Waals surface area contributed by atoms with Crippen LogP contribution in [0.5, 0.6) is 0 Å². The van der Waals surface area contributed by atoms with E-state index in [1.165, 1.54) is 5.56 Å². The van der Waals surface area contributed by atoms with Crippen molar-refractivity contribution in [2.45, 2.75) is 44.7 Å². The Bertz CT molecular complexity index is 2240. The molecule has 1 aliphatic rings. The Morgan fingerprint density at radius 1 is 0.854 bits per heavy atom. The Labute approximate surface area is 275 Å². The summed E-state index contributed by atoms with van der Waals surface area (Å²) in [6.07, 6.45) is 3.20. The van der Waals surface area contributed by atoms with Crippen molar-refractivity contribution in [3.63, 3.8) is 0 Å². The summed E-state index contributed by atoms with van der Waals surface area (Å²) in [4.78, 5) is 61.7. The minimum atomic E-state index is -0.989. The molecule has 1 aliphatic heterocycles. The van der Waals surface area contributed by atoms with Crippen molar-refractivity contribution in [1.29, 1.82) is 0 Å². The van der Waals surface area contributed by atoms with Crippen LogP contribution >= 0.6 is 0 Å². The summed E-state index contributed by atoms with van der Waals surface area (Å²) >= 11 is 0. The van der Waals surface area contributed by atoms with Gasteiger partial charge in [-0.2, -0.15) is 0 Å². The quantitative estimate of drug-likeness (QED) is 0.174. The lowest BCUT2D eigenvalue weighted by molar-refractivity contribution is -0.138. The normalized spacial score (nSPS) is 14.1. The van der Waals surface area contributed by atoms with E-state index in [1.54, 1.807) is 6.20 Å². The summed E-state index contributed by atoms with van der Waals surface area (Å²) in [5.41, 5.74) is 7.47. The average Bonchev–Trinajstić information content (AvgIpc) is 3.43. The maximum atomic E-state index is 13.0. The number of nitrogens with one attached hydrogen (secondary N) is 2. The van der Waals surface area contributed by atoms with Gasteiger partial charge < -0.3 is 15.1 Å². The average molecular weight is 642 g/mol. The molecule has 7 rings (SSSR count). The summed E-state index contributed by atoms with van der Waals surface area (Å²) in [7, 11) is 0. The zero-order valence-electron chi connectivity index (χ0n) is 26.3. The Balaban J connectivity index is 1.05. The number of carboxylic acids is 1. The number of Topliss-reactive ketones (excluding diaryl/α,β-unsaturated/α-hetero) is 1. The molecule has 10 heteroatoms. The zero-order valence-corrected chi connectivity index (χ0v) is 26.3. The summed E-state index contributed by atoms with van der Waals surface area (Å²) in [6, 6.07) is 27.7. The van der Waals surface area contributed by atoms with Crippen LogP contribution in [0.15, 0.2) is 101 Å². The molecule has 48 heavy (non-hydrogen) atoms. The first-order chi connectivity index (χ1) is 23.3. The second-order valence-electron chi connectivity index (χ2n) is 12.5. The number of aromatic amines is 2. The number of hydrogen-bond donors (Lipinski definition) is 3. The number of aliphatic carboxylic acids is 1. The molecule has 0 radical (unpaired) electrons. The number of likely N-dealkylation sites (tertiary alicyclic amines) is 1. The number of pyridine rings is 2. The number of rotatable bonds is 10.